The normalized spacial score (nSPS) is 10.2. The van der Waals surface area contributed by atoms with Gasteiger partial charge < -0.3 is 19.9 Å². The summed E-state index contributed by atoms with van der Waals surface area (Å²) < 4.78 is 10.6. The van der Waals surface area contributed by atoms with Gasteiger partial charge in [-0.1, -0.05) is 17.1 Å². The molecule has 158 valence electrons. The number of rotatable bonds is 9. The van der Waals surface area contributed by atoms with Gasteiger partial charge in [-0.2, -0.15) is 4.98 Å². The van der Waals surface area contributed by atoms with Gasteiger partial charge in [0.15, 0.2) is 0 Å². The summed E-state index contributed by atoms with van der Waals surface area (Å²) in [5, 5.41) is 9.18. The van der Waals surface area contributed by atoms with Crippen LogP contribution in [0.2, 0.25) is 0 Å². The molecule has 31 heavy (non-hydrogen) atoms. The van der Waals surface area contributed by atoms with Gasteiger partial charge >= 0.3 is 0 Å². The van der Waals surface area contributed by atoms with Gasteiger partial charge in [0.05, 0.1) is 13.2 Å². The van der Waals surface area contributed by atoms with E-state index in [0.717, 1.165) is 11.3 Å². The van der Waals surface area contributed by atoms with Crippen LogP contribution in [0.3, 0.4) is 0 Å². The molecule has 0 fully saturated rings. The number of ether oxygens (including phenoxy) is 1. The molecule has 0 spiro atoms. The zero-order valence-electron chi connectivity index (χ0n) is 17.1. The predicted molar refractivity (Wildman–Crippen MR) is 115 cm³/mol. The monoisotopic (exact) mass is 418 g/mol. The molecule has 2 amide bonds. The maximum Gasteiger partial charge on any atom is 0.243 e. The van der Waals surface area contributed by atoms with Crippen LogP contribution >= 0.6 is 0 Å². The molecule has 1 aromatic heterocycles. The van der Waals surface area contributed by atoms with Gasteiger partial charge in [0.25, 0.3) is 0 Å². The summed E-state index contributed by atoms with van der Waals surface area (Å²) in [6.07, 6.45) is 5.72. The van der Waals surface area contributed by atoms with Crippen LogP contribution < -0.4 is 15.4 Å². The molecule has 0 radical (unpaired) electrons. The maximum atomic E-state index is 12.0. The van der Waals surface area contributed by atoms with Crippen molar-refractivity contribution in [2.24, 2.45) is 0 Å². The Bertz CT molecular complexity index is 1080. The molecule has 0 atom stereocenters. The molecular weight excluding hydrogens is 396 g/mol. The number of anilines is 1. The molecule has 0 saturated heterocycles. The Morgan fingerprint density at radius 2 is 1.97 bits per heavy atom. The van der Waals surface area contributed by atoms with Crippen molar-refractivity contribution < 1.29 is 18.8 Å². The van der Waals surface area contributed by atoms with Gasteiger partial charge in [0, 0.05) is 29.7 Å². The number of aryl methyl sites for hydroxylation is 1. The first-order valence-corrected chi connectivity index (χ1v) is 9.76. The molecule has 8 nitrogen and oxygen atoms in total. The van der Waals surface area contributed by atoms with E-state index in [0.29, 0.717) is 29.6 Å². The van der Waals surface area contributed by atoms with Gasteiger partial charge in [-0.25, -0.2) is 0 Å². The molecule has 8 heteroatoms. The Morgan fingerprint density at radius 1 is 1.16 bits per heavy atom. The SMILES string of the molecule is C#Cc1cccc(NC(=O)CNC(=O)CCc2nc(-c3ccc(OCC)cc3)no2)c1. The van der Waals surface area contributed by atoms with Crippen LogP contribution in [-0.2, 0) is 16.0 Å². The third-order valence-electron chi connectivity index (χ3n) is 4.22. The van der Waals surface area contributed by atoms with Gasteiger partial charge in [-0.3, -0.25) is 9.59 Å². The summed E-state index contributed by atoms with van der Waals surface area (Å²) in [4.78, 5) is 28.3. The van der Waals surface area contributed by atoms with Crippen LogP contribution in [0.5, 0.6) is 5.75 Å². The van der Waals surface area contributed by atoms with Crippen LogP contribution in [0.4, 0.5) is 5.69 Å². The summed E-state index contributed by atoms with van der Waals surface area (Å²) in [7, 11) is 0. The topological polar surface area (TPSA) is 106 Å². The standard InChI is InChI=1S/C23H22N4O4/c1-3-16-6-5-7-18(14-16)25-21(29)15-24-20(28)12-13-22-26-23(27-31-22)17-8-10-19(11-9-17)30-4-2/h1,5-11,14H,4,12-13,15H2,2H3,(H,24,28)(H,25,29). The lowest BCUT2D eigenvalue weighted by Gasteiger charge is -2.07. The summed E-state index contributed by atoms with van der Waals surface area (Å²) in [6.45, 7) is 2.36. The van der Waals surface area contributed by atoms with E-state index in [-0.39, 0.29) is 31.2 Å². The third kappa shape index (κ3) is 6.44. The van der Waals surface area contributed by atoms with Crippen molar-refractivity contribution in [3.05, 3.63) is 60.0 Å². The minimum Gasteiger partial charge on any atom is -0.494 e. The van der Waals surface area contributed by atoms with Gasteiger partial charge in [-0.05, 0) is 49.4 Å². The number of carbonyl (C=O) groups is 2. The van der Waals surface area contributed by atoms with Crippen LogP contribution in [0, 0.1) is 12.3 Å². The smallest absolute Gasteiger partial charge is 0.243 e. The van der Waals surface area contributed by atoms with Gasteiger partial charge in [-0.15, -0.1) is 6.42 Å². The highest BCUT2D eigenvalue weighted by Crippen LogP contribution is 2.20. The average molecular weight is 418 g/mol. The molecule has 2 aromatic carbocycles. The van der Waals surface area contributed by atoms with Crippen LogP contribution in [-0.4, -0.2) is 35.1 Å². The molecule has 0 aliphatic heterocycles. The molecule has 3 aromatic rings. The zero-order valence-corrected chi connectivity index (χ0v) is 17.1. The molecule has 0 aliphatic rings. The lowest BCUT2D eigenvalue weighted by molar-refractivity contribution is -0.124. The number of hydrogen-bond donors (Lipinski definition) is 2. The summed E-state index contributed by atoms with van der Waals surface area (Å²) in [5.74, 6) is 3.39. The molecule has 0 bridgehead atoms. The number of amides is 2. The first-order chi connectivity index (χ1) is 15.1. The van der Waals surface area contributed by atoms with Crippen molar-refractivity contribution in [1.82, 2.24) is 15.5 Å². The number of terminal acetylenes is 1. The van der Waals surface area contributed by atoms with E-state index in [1.807, 2.05) is 31.2 Å². The maximum absolute atomic E-state index is 12.0. The Morgan fingerprint density at radius 3 is 2.71 bits per heavy atom. The van der Waals surface area contributed by atoms with Crippen LogP contribution in [0.15, 0.2) is 53.1 Å². The van der Waals surface area contributed by atoms with Crippen molar-refractivity contribution >= 4 is 17.5 Å². The first kappa shape index (κ1) is 21.6. The van der Waals surface area contributed by atoms with Crippen molar-refractivity contribution in [2.45, 2.75) is 19.8 Å². The van der Waals surface area contributed by atoms with E-state index in [1.165, 1.54) is 0 Å². The number of carbonyl (C=O) groups excluding carboxylic acids is 2. The van der Waals surface area contributed by atoms with Crippen molar-refractivity contribution in [2.75, 3.05) is 18.5 Å². The van der Waals surface area contributed by atoms with Crippen LogP contribution in [0.1, 0.15) is 24.8 Å². The highest BCUT2D eigenvalue weighted by Gasteiger charge is 2.12. The number of benzene rings is 2. The molecule has 0 unspecified atom stereocenters. The molecule has 1 heterocycles. The summed E-state index contributed by atoms with van der Waals surface area (Å²) in [5.41, 5.74) is 2.02. The highest BCUT2D eigenvalue weighted by molar-refractivity contribution is 5.94. The second-order valence-electron chi connectivity index (χ2n) is 6.52. The zero-order chi connectivity index (χ0) is 22.1. The third-order valence-corrected chi connectivity index (χ3v) is 4.22. The van der Waals surface area contributed by atoms with Crippen molar-refractivity contribution in [3.63, 3.8) is 0 Å². The largest absolute Gasteiger partial charge is 0.494 e. The fourth-order valence-corrected chi connectivity index (χ4v) is 2.72. The average Bonchev–Trinajstić information content (AvgIpc) is 3.26. The van der Waals surface area contributed by atoms with E-state index < -0.39 is 0 Å². The number of nitrogens with one attached hydrogen (secondary N) is 2. The van der Waals surface area contributed by atoms with Crippen molar-refractivity contribution in [3.8, 4) is 29.5 Å². The number of aromatic nitrogens is 2. The molecular formula is C23H22N4O4. The minimum absolute atomic E-state index is 0.116. The van der Waals surface area contributed by atoms with E-state index in [9.17, 15) is 9.59 Å². The van der Waals surface area contributed by atoms with E-state index in [1.54, 1.807) is 24.3 Å². The molecule has 0 saturated carbocycles. The molecule has 3 rings (SSSR count). The predicted octanol–water partition coefficient (Wildman–Crippen LogP) is 2.80. The Hall–Kier alpha value is -4.12. The number of hydrogen-bond acceptors (Lipinski definition) is 6. The lowest BCUT2D eigenvalue weighted by Crippen LogP contribution is -2.33. The number of nitrogens with zero attached hydrogens (tertiary/aromatic N) is 2. The van der Waals surface area contributed by atoms with Gasteiger partial charge in [0.2, 0.25) is 23.5 Å². The molecule has 0 aliphatic carbocycles. The first-order valence-electron chi connectivity index (χ1n) is 9.76. The van der Waals surface area contributed by atoms with E-state index in [4.69, 9.17) is 15.7 Å². The molecule has 2 N–H and O–H groups in total. The fraction of sp³-hybridized carbons (Fsp3) is 0.217. The van der Waals surface area contributed by atoms with E-state index in [2.05, 4.69) is 26.7 Å². The minimum atomic E-state index is -0.349. The summed E-state index contributed by atoms with van der Waals surface area (Å²) >= 11 is 0. The van der Waals surface area contributed by atoms with E-state index >= 15 is 0 Å². The fourth-order valence-electron chi connectivity index (χ4n) is 2.72. The Labute approximate surface area is 180 Å². The van der Waals surface area contributed by atoms with Crippen molar-refractivity contribution in [1.29, 1.82) is 0 Å². The lowest BCUT2D eigenvalue weighted by atomic mass is 10.2. The highest BCUT2D eigenvalue weighted by atomic mass is 16.5. The Balaban J connectivity index is 1.43. The van der Waals surface area contributed by atoms with Gasteiger partial charge in [0.1, 0.15) is 5.75 Å². The summed E-state index contributed by atoms with van der Waals surface area (Å²) in [6, 6.07) is 14.2. The second kappa shape index (κ2) is 10.6. The van der Waals surface area contributed by atoms with Crippen LogP contribution in [0.25, 0.3) is 11.4 Å². The second-order valence-corrected chi connectivity index (χ2v) is 6.52. The Kier molecular flexibility index (Phi) is 7.38. The quantitative estimate of drug-likeness (QED) is 0.518.